The highest BCUT2D eigenvalue weighted by molar-refractivity contribution is 5.78. The average Bonchev–Trinajstić information content (AvgIpc) is 3.36. The molecule has 5 nitrogen and oxygen atoms in total. The molecular weight excluding hydrogens is 370 g/mol. The van der Waals surface area contributed by atoms with E-state index in [4.69, 9.17) is 4.98 Å². The van der Waals surface area contributed by atoms with Crippen molar-refractivity contribution < 1.29 is 4.57 Å². The van der Waals surface area contributed by atoms with Crippen molar-refractivity contribution in [3.05, 3.63) is 90.0 Å². The number of aromatic amines is 1. The largest absolute Gasteiger partial charge is 0.333 e. The Morgan fingerprint density at radius 1 is 0.900 bits per heavy atom. The Labute approximate surface area is 175 Å². The Morgan fingerprint density at radius 2 is 1.67 bits per heavy atom. The smallest absolute Gasteiger partial charge is 0.195 e. The minimum Gasteiger partial charge on any atom is -0.333 e. The van der Waals surface area contributed by atoms with E-state index in [1.54, 1.807) is 0 Å². The van der Waals surface area contributed by atoms with Crippen LogP contribution in [0, 0.1) is 13.8 Å². The summed E-state index contributed by atoms with van der Waals surface area (Å²) in [4.78, 5) is 8.25. The predicted molar refractivity (Wildman–Crippen MR) is 119 cm³/mol. The summed E-state index contributed by atoms with van der Waals surface area (Å²) in [5, 5.41) is 4.24. The molecule has 0 aliphatic heterocycles. The molecule has 3 aromatic heterocycles. The SMILES string of the molecule is Cc1ccc(-c2ccc(-c3nc4cc[n+](Cc5ccnn5C)cc4[nH]3)cc2)cc1C. The summed E-state index contributed by atoms with van der Waals surface area (Å²) < 4.78 is 4.04. The summed E-state index contributed by atoms with van der Waals surface area (Å²) in [5.41, 5.74) is 9.30. The molecule has 30 heavy (non-hydrogen) atoms. The van der Waals surface area contributed by atoms with Crippen molar-refractivity contribution >= 4 is 11.0 Å². The average molecular weight is 395 g/mol. The van der Waals surface area contributed by atoms with Gasteiger partial charge in [0, 0.05) is 24.9 Å². The van der Waals surface area contributed by atoms with Crippen LogP contribution >= 0.6 is 0 Å². The minimum atomic E-state index is 0.769. The Bertz CT molecular complexity index is 1340. The molecule has 0 amide bonds. The number of aryl methyl sites for hydroxylation is 3. The fourth-order valence-corrected chi connectivity index (χ4v) is 3.72. The van der Waals surface area contributed by atoms with Crippen LogP contribution in [0.5, 0.6) is 0 Å². The molecule has 0 saturated carbocycles. The second kappa shape index (κ2) is 7.26. The van der Waals surface area contributed by atoms with Gasteiger partial charge in [0.05, 0.1) is 0 Å². The van der Waals surface area contributed by atoms with E-state index in [2.05, 4.69) is 89.4 Å². The van der Waals surface area contributed by atoms with Crippen molar-refractivity contribution in [2.45, 2.75) is 20.4 Å². The summed E-state index contributed by atoms with van der Waals surface area (Å²) in [5.74, 6) is 0.884. The molecule has 5 heteroatoms. The van der Waals surface area contributed by atoms with Crippen molar-refractivity contribution in [3.8, 4) is 22.5 Å². The first-order valence-corrected chi connectivity index (χ1v) is 10.1. The van der Waals surface area contributed by atoms with Crippen LogP contribution in [0.3, 0.4) is 0 Å². The maximum absolute atomic E-state index is 4.78. The zero-order chi connectivity index (χ0) is 20.7. The maximum Gasteiger partial charge on any atom is 0.195 e. The van der Waals surface area contributed by atoms with Crippen LogP contribution < -0.4 is 4.57 Å². The van der Waals surface area contributed by atoms with E-state index < -0.39 is 0 Å². The second-order valence-electron chi connectivity index (χ2n) is 7.82. The van der Waals surface area contributed by atoms with Gasteiger partial charge in [-0.05, 0) is 42.2 Å². The summed E-state index contributed by atoms with van der Waals surface area (Å²) in [6, 6.07) is 19.3. The van der Waals surface area contributed by atoms with Gasteiger partial charge in [-0.3, -0.25) is 4.68 Å². The summed E-state index contributed by atoms with van der Waals surface area (Å²) in [6.45, 7) is 5.07. The van der Waals surface area contributed by atoms with E-state index in [1.807, 2.05) is 24.0 Å². The lowest BCUT2D eigenvalue weighted by Gasteiger charge is -2.06. The minimum absolute atomic E-state index is 0.769. The highest BCUT2D eigenvalue weighted by atomic mass is 15.3. The molecule has 5 rings (SSSR count). The molecule has 0 aliphatic carbocycles. The van der Waals surface area contributed by atoms with Crippen molar-refractivity contribution in [1.82, 2.24) is 19.7 Å². The Morgan fingerprint density at radius 3 is 2.40 bits per heavy atom. The van der Waals surface area contributed by atoms with Crippen LogP contribution in [0.2, 0.25) is 0 Å². The van der Waals surface area contributed by atoms with Gasteiger partial charge in [0.25, 0.3) is 0 Å². The van der Waals surface area contributed by atoms with Gasteiger partial charge in [-0.15, -0.1) is 0 Å². The first-order chi connectivity index (χ1) is 14.6. The van der Waals surface area contributed by atoms with Crippen molar-refractivity contribution in [1.29, 1.82) is 0 Å². The van der Waals surface area contributed by atoms with E-state index >= 15 is 0 Å². The molecule has 0 fully saturated rings. The fraction of sp³-hybridized carbons (Fsp3) is 0.160. The number of pyridine rings is 1. The van der Waals surface area contributed by atoms with Gasteiger partial charge in [-0.1, -0.05) is 42.5 Å². The van der Waals surface area contributed by atoms with E-state index in [1.165, 1.54) is 22.3 Å². The topological polar surface area (TPSA) is 50.4 Å². The lowest BCUT2D eigenvalue weighted by Crippen LogP contribution is -2.34. The molecule has 5 aromatic rings. The van der Waals surface area contributed by atoms with Gasteiger partial charge < -0.3 is 4.98 Å². The Hall–Kier alpha value is -3.73. The van der Waals surface area contributed by atoms with Crippen LogP contribution in [0.25, 0.3) is 33.5 Å². The van der Waals surface area contributed by atoms with Crippen molar-refractivity contribution in [2.75, 3.05) is 0 Å². The number of imidazole rings is 1. The Balaban J connectivity index is 1.43. The monoisotopic (exact) mass is 394 g/mol. The third-order valence-corrected chi connectivity index (χ3v) is 5.75. The molecule has 0 bridgehead atoms. The van der Waals surface area contributed by atoms with Crippen molar-refractivity contribution in [3.63, 3.8) is 0 Å². The van der Waals surface area contributed by atoms with Crippen LogP contribution in [0.1, 0.15) is 16.8 Å². The van der Waals surface area contributed by atoms with Gasteiger partial charge >= 0.3 is 0 Å². The van der Waals surface area contributed by atoms with Gasteiger partial charge in [-0.25, -0.2) is 4.98 Å². The number of nitrogens with zero attached hydrogens (tertiary/aromatic N) is 4. The maximum atomic E-state index is 4.78. The summed E-state index contributed by atoms with van der Waals surface area (Å²) in [7, 11) is 1.96. The summed E-state index contributed by atoms with van der Waals surface area (Å²) in [6.07, 6.45) is 5.98. The summed E-state index contributed by atoms with van der Waals surface area (Å²) >= 11 is 0. The zero-order valence-corrected chi connectivity index (χ0v) is 17.4. The third kappa shape index (κ3) is 3.39. The number of hydrogen-bond acceptors (Lipinski definition) is 2. The van der Waals surface area contributed by atoms with Crippen LogP contribution in [0.15, 0.2) is 73.2 Å². The number of aromatic nitrogens is 5. The molecule has 0 unspecified atom stereocenters. The van der Waals surface area contributed by atoms with Gasteiger partial charge in [0.1, 0.15) is 22.6 Å². The second-order valence-corrected chi connectivity index (χ2v) is 7.82. The predicted octanol–water partition coefficient (Wildman–Crippen LogP) is 4.58. The molecule has 0 aliphatic rings. The highest BCUT2D eigenvalue weighted by Crippen LogP contribution is 2.26. The molecule has 0 atom stereocenters. The number of benzene rings is 2. The molecular formula is C25H24N5+. The molecule has 148 valence electrons. The Kier molecular flexibility index (Phi) is 4.43. The quantitative estimate of drug-likeness (QED) is 0.454. The van der Waals surface area contributed by atoms with Crippen LogP contribution in [-0.4, -0.2) is 19.7 Å². The van der Waals surface area contributed by atoms with Gasteiger partial charge in [-0.2, -0.15) is 9.67 Å². The van der Waals surface area contributed by atoms with E-state index in [0.717, 1.165) is 34.7 Å². The normalized spacial score (nSPS) is 11.3. The van der Waals surface area contributed by atoms with E-state index in [9.17, 15) is 0 Å². The molecule has 3 heterocycles. The first-order valence-electron chi connectivity index (χ1n) is 10.1. The van der Waals surface area contributed by atoms with Crippen LogP contribution in [-0.2, 0) is 13.6 Å². The third-order valence-electron chi connectivity index (χ3n) is 5.75. The lowest BCUT2D eigenvalue weighted by molar-refractivity contribution is -0.687. The number of H-pyrrole nitrogens is 1. The fourth-order valence-electron chi connectivity index (χ4n) is 3.72. The number of rotatable bonds is 4. The van der Waals surface area contributed by atoms with Crippen LogP contribution in [0.4, 0.5) is 0 Å². The number of hydrogen-bond donors (Lipinski definition) is 1. The lowest BCUT2D eigenvalue weighted by atomic mass is 9.99. The first kappa shape index (κ1) is 18.3. The van der Waals surface area contributed by atoms with Gasteiger partial charge in [0.15, 0.2) is 18.9 Å². The zero-order valence-electron chi connectivity index (χ0n) is 17.4. The molecule has 2 aromatic carbocycles. The molecule has 0 spiro atoms. The highest BCUT2D eigenvalue weighted by Gasteiger charge is 2.12. The molecule has 1 N–H and O–H groups in total. The number of fused-ring (bicyclic) bond motifs is 1. The number of nitrogens with one attached hydrogen (secondary N) is 1. The van der Waals surface area contributed by atoms with E-state index in [0.29, 0.717) is 0 Å². The van der Waals surface area contributed by atoms with E-state index in [-0.39, 0.29) is 0 Å². The molecule has 0 saturated heterocycles. The van der Waals surface area contributed by atoms with Crippen molar-refractivity contribution in [2.24, 2.45) is 7.05 Å². The van der Waals surface area contributed by atoms with Gasteiger partial charge in [0.2, 0.25) is 0 Å². The molecule has 0 radical (unpaired) electrons. The standard InChI is InChI=1S/C25H23N5/c1-17-4-5-21(14-18(17)2)19-6-8-20(9-7-19)25-27-23-11-13-30(16-24(23)28-25)15-22-10-12-26-29(22)3/h4-14,16H,15H2,1-3H3/p+1.